The molecule has 6 heteroatoms. The lowest BCUT2D eigenvalue weighted by Gasteiger charge is -2.18. The van der Waals surface area contributed by atoms with E-state index in [1.807, 2.05) is 37.3 Å². The summed E-state index contributed by atoms with van der Waals surface area (Å²) in [5, 5.41) is 12.4. The molecule has 0 saturated carbocycles. The van der Waals surface area contributed by atoms with Gasteiger partial charge in [0.15, 0.2) is 0 Å². The summed E-state index contributed by atoms with van der Waals surface area (Å²) in [7, 11) is 0. The number of hydrogen-bond acceptors (Lipinski definition) is 5. The number of nitrogens with zero attached hydrogens (tertiary/aromatic N) is 2. The molecule has 1 aromatic heterocycles. The summed E-state index contributed by atoms with van der Waals surface area (Å²) in [6, 6.07) is 9.29. The third-order valence-corrected chi connectivity index (χ3v) is 4.28. The Bertz CT molecular complexity index is 612. The zero-order chi connectivity index (χ0) is 16.1. The molecule has 1 aromatic carbocycles. The average Bonchev–Trinajstić information content (AvgIpc) is 2.92. The van der Waals surface area contributed by atoms with Crippen molar-refractivity contribution in [1.29, 1.82) is 0 Å². The number of nitrogens with two attached hydrogens (primary N) is 1. The molecule has 0 saturated heterocycles. The van der Waals surface area contributed by atoms with E-state index in [4.69, 9.17) is 5.73 Å². The minimum absolute atomic E-state index is 0.136. The zero-order valence-electron chi connectivity index (χ0n) is 13.1. The molecule has 2 atom stereocenters. The van der Waals surface area contributed by atoms with E-state index in [-0.39, 0.29) is 17.9 Å². The third kappa shape index (κ3) is 4.35. The van der Waals surface area contributed by atoms with Crippen LogP contribution in [0, 0.1) is 11.8 Å². The number of amides is 1. The van der Waals surface area contributed by atoms with Gasteiger partial charge in [0.05, 0.1) is 5.92 Å². The van der Waals surface area contributed by atoms with Gasteiger partial charge in [-0.1, -0.05) is 62.4 Å². The van der Waals surface area contributed by atoms with E-state index in [0.717, 1.165) is 17.0 Å². The number of aromatic nitrogens is 2. The predicted octanol–water partition coefficient (Wildman–Crippen LogP) is 3.01. The lowest BCUT2D eigenvalue weighted by atomic mass is 9.95. The maximum absolute atomic E-state index is 12.3. The Balaban J connectivity index is 1.98. The van der Waals surface area contributed by atoms with Crippen molar-refractivity contribution < 1.29 is 4.79 Å². The minimum atomic E-state index is -0.347. The van der Waals surface area contributed by atoms with Crippen LogP contribution in [0.5, 0.6) is 0 Å². The maximum Gasteiger partial charge on any atom is 0.230 e. The first-order chi connectivity index (χ1) is 10.5. The second-order valence-electron chi connectivity index (χ2n) is 5.81. The van der Waals surface area contributed by atoms with Gasteiger partial charge in [-0.05, 0) is 11.5 Å². The van der Waals surface area contributed by atoms with Crippen LogP contribution in [0.1, 0.15) is 37.4 Å². The second-order valence-corrected chi connectivity index (χ2v) is 6.88. The Labute approximate surface area is 135 Å². The summed E-state index contributed by atoms with van der Waals surface area (Å²) in [5.74, 6) is 0.0328. The Morgan fingerprint density at radius 3 is 2.55 bits per heavy atom. The number of carbonyl (C=O) groups is 1. The smallest absolute Gasteiger partial charge is 0.230 e. The first-order valence-electron chi connectivity index (χ1n) is 7.41. The first kappa shape index (κ1) is 16.6. The van der Waals surface area contributed by atoms with Gasteiger partial charge < -0.3 is 11.1 Å². The molecule has 2 rings (SSSR count). The number of anilines is 1. The fourth-order valence-electron chi connectivity index (χ4n) is 2.08. The molecule has 0 aliphatic carbocycles. The summed E-state index contributed by atoms with van der Waals surface area (Å²) >= 11 is 1.42. The van der Waals surface area contributed by atoms with Crippen molar-refractivity contribution in [2.75, 3.05) is 5.32 Å². The van der Waals surface area contributed by atoms with Crippen molar-refractivity contribution in [2.24, 2.45) is 17.6 Å². The molecule has 0 bridgehead atoms. The van der Waals surface area contributed by atoms with Gasteiger partial charge in [0, 0.05) is 12.5 Å². The monoisotopic (exact) mass is 318 g/mol. The van der Waals surface area contributed by atoms with Crippen LogP contribution < -0.4 is 11.1 Å². The SMILES string of the molecule is CC(C)Cc1nnc(NC(=O)C(C)C(N)c2ccccc2)s1. The normalized spacial score (nSPS) is 13.9. The van der Waals surface area contributed by atoms with Crippen LogP contribution in [0.15, 0.2) is 30.3 Å². The Hall–Kier alpha value is -1.79. The van der Waals surface area contributed by atoms with Crippen LogP contribution in [0.2, 0.25) is 0 Å². The molecular formula is C16H22N4OS. The van der Waals surface area contributed by atoms with Gasteiger partial charge in [0.1, 0.15) is 5.01 Å². The summed E-state index contributed by atoms with van der Waals surface area (Å²) < 4.78 is 0. The summed E-state index contributed by atoms with van der Waals surface area (Å²) in [6.45, 7) is 6.07. The van der Waals surface area contributed by atoms with Gasteiger partial charge >= 0.3 is 0 Å². The summed E-state index contributed by atoms with van der Waals surface area (Å²) in [6.07, 6.45) is 0.868. The number of benzene rings is 1. The van der Waals surface area contributed by atoms with Crippen molar-refractivity contribution >= 4 is 22.4 Å². The maximum atomic E-state index is 12.3. The number of hydrogen-bond donors (Lipinski definition) is 2. The highest BCUT2D eigenvalue weighted by molar-refractivity contribution is 7.15. The third-order valence-electron chi connectivity index (χ3n) is 3.42. The van der Waals surface area contributed by atoms with Crippen molar-refractivity contribution in [3.05, 3.63) is 40.9 Å². The molecule has 0 aliphatic rings. The summed E-state index contributed by atoms with van der Waals surface area (Å²) in [5.41, 5.74) is 7.12. The van der Waals surface area contributed by atoms with Crippen molar-refractivity contribution in [3.8, 4) is 0 Å². The number of carbonyl (C=O) groups excluding carboxylic acids is 1. The van der Waals surface area contributed by atoms with E-state index in [9.17, 15) is 4.79 Å². The molecule has 2 aromatic rings. The first-order valence-corrected chi connectivity index (χ1v) is 8.22. The topological polar surface area (TPSA) is 80.9 Å². The minimum Gasteiger partial charge on any atom is -0.323 e. The van der Waals surface area contributed by atoms with Crippen LogP contribution >= 0.6 is 11.3 Å². The zero-order valence-corrected chi connectivity index (χ0v) is 13.9. The van der Waals surface area contributed by atoms with Gasteiger partial charge in [-0.15, -0.1) is 10.2 Å². The van der Waals surface area contributed by atoms with E-state index in [2.05, 4.69) is 29.4 Å². The second kappa shape index (κ2) is 7.47. The molecule has 0 fully saturated rings. The number of rotatable bonds is 6. The van der Waals surface area contributed by atoms with Crippen LogP contribution in [0.3, 0.4) is 0 Å². The highest BCUT2D eigenvalue weighted by atomic mass is 32.1. The molecule has 5 nitrogen and oxygen atoms in total. The molecule has 118 valence electrons. The molecule has 0 aliphatic heterocycles. The molecular weight excluding hydrogens is 296 g/mol. The van der Waals surface area contributed by atoms with E-state index >= 15 is 0 Å². The van der Waals surface area contributed by atoms with Crippen molar-refractivity contribution in [1.82, 2.24) is 10.2 Å². The van der Waals surface area contributed by atoms with Gasteiger partial charge in [0.25, 0.3) is 0 Å². The molecule has 0 spiro atoms. The Kier molecular flexibility index (Phi) is 5.63. The molecule has 1 heterocycles. The highest BCUT2D eigenvalue weighted by Gasteiger charge is 2.23. The predicted molar refractivity (Wildman–Crippen MR) is 89.6 cm³/mol. The van der Waals surface area contributed by atoms with Crippen LogP contribution in [0.25, 0.3) is 0 Å². The van der Waals surface area contributed by atoms with Gasteiger partial charge in [-0.2, -0.15) is 0 Å². The molecule has 2 unspecified atom stereocenters. The van der Waals surface area contributed by atoms with Gasteiger partial charge in [-0.3, -0.25) is 4.79 Å². The van der Waals surface area contributed by atoms with Gasteiger partial charge in [0.2, 0.25) is 11.0 Å². The van der Waals surface area contributed by atoms with Crippen LogP contribution in [-0.2, 0) is 11.2 Å². The number of nitrogens with one attached hydrogen (secondary N) is 1. The Morgan fingerprint density at radius 1 is 1.23 bits per heavy atom. The fraction of sp³-hybridized carbons (Fsp3) is 0.438. The van der Waals surface area contributed by atoms with E-state index in [0.29, 0.717) is 11.0 Å². The quantitative estimate of drug-likeness (QED) is 0.858. The Morgan fingerprint density at radius 2 is 1.91 bits per heavy atom. The fourth-order valence-corrected chi connectivity index (χ4v) is 3.04. The van der Waals surface area contributed by atoms with E-state index in [1.54, 1.807) is 0 Å². The molecule has 1 amide bonds. The lowest BCUT2D eigenvalue weighted by molar-refractivity contribution is -0.120. The average molecular weight is 318 g/mol. The molecule has 3 N–H and O–H groups in total. The van der Waals surface area contributed by atoms with E-state index < -0.39 is 0 Å². The van der Waals surface area contributed by atoms with Gasteiger partial charge in [-0.25, -0.2) is 0 Å². The summed E-state index contributed by atoms with van der Waals surface area (Å²) in [4.78, 5) is 12.3. The molecule has 22 heavy (non-hydrogen) atoms. The van der Waals surface area contributed by atoms with Crippen LogP contribution in [-0.4, -0.2) is 16.1 Å². The van der Waals surface area contributed by atoms with Crippen molar-refractivity contribution in [2.45, 2.75) is 33.2 Å². The van der Waals surface area contributed by atoms with E-state index in [1.165, 1.54) is 11.3 Å². The molecule has 0 radical (unpaired) electrons. The largest absolute Gasteiger partial charge is 0.323 e. The van der Waals surface area contributed by atoms with Crippen LogP contribution in [0.4, 0.5) is 5.13 Å². The van der Waals surface area contributed by atoms with Crippen molar-refractivity contribution in [3.63, 3.8) is 0 Å². The standard InChI is InChI=1S/C16H22N4OS/c1-10(2)9-13-19-20-16(22-13)18-15(21)11(3)14(17)12-7-5-4-6-8-12/h4-8,10-11,14H,9,17H2,1-3H3,(H,18,20,21). The lowest BCUT2D eigenvalue weighted by Crippen LogP contribution is -2.30. The highest BCUT2D eigenvalue weighted by Crippen LogP contribution is 2.23.